The molecule has 2 heterocycles. The van der Waals surface area contributed by atoms with Crippen molar-refractivity contribution in [1.82, 2.24) is 25.2 Å². The maximum absolute atomic E-state index is 12.5. The van der Waals surface area contributed by atoms with Gasteiger partial charge in [-0.2, -0.15) is 5.10 Å². The summed E-state index contributed by atoms with van der Waals surface area (Å²) in [5.74, 6) is 1.38. The highest BCUT2D eigenvalue weighted by Crippen LogP contribution is 2.28. The standard InChI is InChI=1S/C25H24N6O2S/c1-3-33-22-11-9-21(10-12-22)31-24(20-7-5-4-6-8-20)29-30-25(31)34-17-23(32)28-27-18(2)19-13-15-26-16-14-19/h4-16H,3,17H2,1-2H3,(H,28,32)/b27-18-. The number of benzene rings is 2. The van der Waals surface area contributed by atoms with Crippen molar-refractivity contribution in [3.63, 3.8) is 0 Å². The van der Waals surface area contributed by atoms with Crippen LogP contribution in [-0.4, -0.2) is 43.7 Å². The molecular weight excluding hydrogens is 448 g/mol. The molecule has 0 aliphatic heterocycles. The van der Waals surface area contributed by atoms with Crippen LogP contribution in [0.15, 0.2) is 89.4 Å². The molecule has 34 heavy (non-hydrogen) atoms. The summed E-state index contributed by atoms with van der Waals surface area (Å²) in [5.41, 5.74) is 6.00. The summed E-state index contributed by atoms with van der Waals surface area (Å²) < 4.78 is 7.50. The summed E-state index contributed by atoms with van der Waals surface area (Å²) in [7, 11) is 0. The zero-order valence-electron chi connectivity index (χ0n) is 18.9. The average Bonchev–Trinajstić information content (AvgIpc) is 3.31. The molecule has 2 aromatic heterocycles. The van der Waals surface area contributed by atoms with Gasteiger partial charge in [0.15, 0.2) is 11.0 Å². The lowest BCUT2D eigenvalue weighted by molar-refractivity contribution is -0.118. The number of nitrogens with one attached hydrogen (secondary N) is 1. The second-order valence-corrected chi connectivity index (χ2v) is 8.13. The molecule has 172 valence electrons. The second-order valence-electron chi connectivity index (χ2n) is 7.19. The third kappa shape index (κ3) is 5.68. The lowest BCUT2D eigenvalue weighted by Crippen LogP contribution is -2.21. The number of nitrogens with zero attached hydrogens (tertiary/aromatic N) is 5. The van der Waals surface area contributed by atoms with Gasteiger partial charge in [0.2, 0.25) is 0 Å². The number of ether oxygens (including phenoxy) is 1. The van der Waals surface area contributed by atoms with E-state index in [1.165, 1.54) is 11.8 Å². The van der Waals surface area contributed by atoms with Crippen LogP contribution >= 0.6 is 11.8 Å². The fraction of sp³-hybridized carbons (Fsp3) is 0.160. The summed E-state index contributed by atoms with van der Waals surface area (Å²) in [5, 5.41) is 13.6. The highest BCUT2D eigenvalue weighted by molar-refractivity contribution is 7.99. The summed E-state index contributed by atoms with van der Waals surface area (Å²) in [6.45, 7) is 4.38. The number of hydrogen-bond acceptors (Lipinski definition) is 7. The van der Waals surface area contributed by atoms with Crippen LogP contribution in [0.25, 0.3) is 17.1 Å². The van der Waals surface area contributed by atoms with Gasteiger partial charge in [0.25, 0.3) is 5.91 Å². The predicted molar refractivity (Wildman–Crippen MR) is 133 cm³/mol. The van der Waals surface area contributed by atoms with Crippen LogP contribution in [0.3, 0.4) is 0 Å². The van der Waals surface area contributed by atoms with E-state index in [0.717, 1.165) is 22.6 Å². The molecule has 0 unspecified atom stereocenters. The van der Waals surface area contributed by atoms with Gasteiger partial charge >= 0.3 is 0 Å². The van der Waals surface area contributed by atoms with Crippen molar-refractivity contribution in [3.8, 4) is 22.8 Å². The van der Waals surface area contributed by atoms with E-state index in [9.17, 15) is 4.79 Å². The van der Waals surface area contributed by atoms with Crippen LogP contribution in [-0.2, 0) is 4.79 Å². The first-order valence-corrected chi connectivity index (χ1v) is 11.7. The summed E-state index contributed by atoms with van der Waals surface area (Å²) in [6, 6.07) is 21.2. The Balaban J connectivity index is 1.53. The summed E-state index contributed by atoms with van der Waals surface area (Å²) in [6.07, 6.45) is 3.37. The molecule has 0 atom stereocenters. The lowest BCUT2D eigenvalue weighted by Gasteiger charge is -2.11. The Bertz CT molecular complexity index is 1260. The molecule has 0 saturated carbocycles. The van der Waals surface area contributed by atoms with Crippen molar-refractivity contribution in [1.29, 1.82) is 0 Å². The van der Waals surface area contributed by atoms with E-state index < -0.39 is 0 Å². The third-order valence-corrected chi connectivity index (χ3v) is 5.78. The number of aromatic nitrogens is 4. The van der Waals surface area contributed by atoms with Gasteiger partial charge in [-0.3, -0.25) is 14.3 Å². The number of amides is 1. The Morgan fingerprint density at radius 2 is 1.76 bits per heavy atom. The van der Waals surface area contributed by atoms with Crippen molar-refractivity contribution in [3.05, 3.63) is 84.7 Å². The number of carbonyl (C=O) groups excluding carboxylic acids is 1. The van der Waals surface area contributed by atoms with Crippen molar-refractivity contribution in [2.45, 2.75) is 19.0 Å². The minimum Gasteiger partial charge on any atom is -0.494 e. The molecule has 2 aromatic carbocycles. The molecule has 0 bridgehead atoms. The molecule has 4 aromatic rings. The minimum atomic E-state index is -0.235. The van der Waals surface area contributed by atoms with Crippen LogP contribution in [0.4, 0.5) is 0 Å². The molecular formula is C25H24N6O2S. The number of pyridine rings is 1. The first kappa shape index (κ1) is 23.2. The SMILES string of the molecule is CCOc1ccc(-n2c(SCC(=O)N/N=C(/C)c3ccncc3)nnc2-c2ccccc2)cc1. The molecule has 0 aliphatic carbocycles. The van der Waals surface area contributed by atoms with E-state index in [4.69, 9.17) is 4.74 Å². The highest BCUT2D eigenvalue weighted by atomic mass is 32.2. The number of thioether (sulfide) groups is 1. The van der Waals surface area contributed by atoms with Gasteiger partial charge in [0.1, 0.15) is 5.75 Å². The minimum absolute atomic E-state index is 0.136. The van der Waals surface area contributed by atoms with Crippen molar-refractivity contribution >= 4 is 23.4 Å². The number of hydrogen-bond donors (Lipinski definition) is 1. The highest BCUT2D eigenvalue weighted by Gasteiger charge is 2.17. The molecule has 9 heteroatoms. The second kappa shape index (κ2) is 11.2. The van der Waals surface area contributed by atoms with Crippen LogP contribution in [0.5, 0.6) is 5.75 Å². The number of rotatable bonds is 9. The van der Waals surface area contributed by atoms with Gasteiger partial charge in [-0.05, 0) is 50.2 Å². The summed E-state index contributed by atoms with van der Waals surface area (Å²) in [4.78, 5) is 16.5. The quantitative estimate of drug-likeness (QED) is 0.221. The van der Waals surface area contributed by atoms with Gasteiger partial charge in [0.05, 0.1) is 18.1 Å². The Morgan fingerprint density at radius 3 is 2.47 bits per heavy atom. The molecule has 0 spiro atoms. The zero-order valence-corrected chi connectivity index (χ0v) is 19.7. The maximum atomic E-state index is 12.5. The topological polar surface area (TPSA) is 94.3 Å². The molecule has 0 radical (unpaired) electrons. The van der Waals surface area contributed by atoms with Gasteiger partial charge in [-0.25, -0.2) is 5.43 Å². The number of carbonyl (C=O) groups is 1. The van der Waals surface area contributed by atoms with E-state index >= 15 is 0 Å². The van der Waals surface area contributed by atoms with Crippen molar-refractivity contribution in [2.24, 2.45) is 5.10 Å². The Morgan fingerprint density at radius 1 is 1.03 bits per heavy atom. The predicted octanol–water partition coefficient (Wildman–Crippen LogP) is 4.36. The third-order valence-electron chi connectivity index (χ3n) is 4.85. The average molecular weight is 473 g/mol. The zero-order chi connectivity index (χ0) is 23.8. The molecule has 1 amide bonds. The molecule has 1 N–H and O–H groups in total. The Hall–Kier alpha value is -3.98. The van der Waals surface area contributed by atoms with E-state index in [0.29, 0.717) is 23.3 Å². The summed E-state index contributed by atoms with van der Waals surface area (Å²) >= 11 is 1.29. The Kier molecular flexibility index (Phi) is 7.67. The molecule has 4 rings (SSSR count). The fourth-order valence-corrected chi connectivity index (χ4v) is 3.94. The first-order chi connectivity index (χ1) is 16.7. The monoisotopic (exact) mass is 472 g/mol. The van der Waals surface area contributed by atoms with Gasteiger partial charge in [-0.15, -0.1) is 10.2 Å². The molecule has 0 fully saturated rings. The number of hydrazone groups is 1. The van der Waals surface area contributed by atoms with Crippen molar-refractivity contribution in [2.75, 3.05) is 12.4 Å². The van der Waals surface area contributed by atoms with E-state index in [-0.39, 0.29) is 11.7 Å². The fourth-order valence-electron chi connectivity index (χ4n) is 3.19. The Labute approximate surface area is 202 Å². The van der Waals surface area contributed by atoms with Crippen LogP contribution < -0.4 is 10.2 Å². The first-order valence-electron chi connectivity index (χ1n) is 10.8. The van der Waals surface area contributed by atoms with Crippen molar-refractivity contribution < 1.29 is 9.53 Å². The molecule has 0 aliphatic rings. The van der Waals surface area contributed by atoms with E-state index in [1.54, 1.807) is 12.4 Å². The molecule has 0 saturated heterocycles. The largest absolute Gasteiger partial charge is 0.494 e. The van der Waals surface area contributed by atoms with Gasteiger partial charge < -0.3 is 4.74 Å². The van der Waals surface area contributed by atoms with Crippen LogP contribution in [0, 0.1) is 0 Å². The maximum Gasteiger partial charge on any atom is 0.250 e. The van der Waals surface area contributed by atoms with Crippen LogP contribution in [0.1, 0.15) is 19.4 Å². The van der Waals surface area contributed by atoms with E-state index in [1.807, 2.05) is 85.1 Å². The lowest BCUT2D eigenvalue weighted by atomic mass is 10.2. The van der Waals surface area contributed by atoms with Gasteiger partial charge in [-0.1, -0.05) is 42.1 Å². The normalized spacial score (nSPS) is 11.3. The van der Waals surface area contributed by atoms with E-state index in [2.05, 4.69) is 25.7 Å². The molecule has 8 nitrogen and oxygen atoms in total. The van der Waals surface area contributed by atoms with Crippen LogP contribution in [0.2, 0.25) is 0 Å². The van der Waals surface area contributed by atoms with Gasteiger partial charge in [0, 0.05) is 29.2 Å². The smallest absolute Gasteiger partial charge is 0.250 e.